The van der Waals surface area contributed by atoms with Gasteiger partial charge in [0.25, 0.3) is 12.4 Å². The quantitative estimate of drug-likeness (QED) is 0.0781. The zero-order valence-electron chi connectivity index (χ0n) is 36.1. The Balaban J connectivity index is 0.00000192. The highest BCUT2D eigenvalue weighted by Crippen LogP contribution is 2.34. The van der Waals surface area contributed by atoms with Crippen molar-refractivity contribution in [3.63, 3.8) is 0 Å². The van der Waals surface area contributed by atoms with E-state index in [1.807, 2.05) is 53.5 Å². The summed E-state index contributed by atoms with van der Waals surface area (Å²) in [4.78, 5) is 72.4. The summed E-state index contributed by atoms with van der Waals surface area (Å²) in [6.07, 6.45) is 11.2. The molecule has 0 unspecified atom stereocenters. The molecule has 3 aliphatic rings. The molecule has 1 saturated carbocycles. The van der Waals surface area contributed by atoms with Gasteiger partial charge in [0.05, 0.1) is 46.2 Å². The number of amides is 3. The number of fused-ring (bicyclic) bond motifs is 2. The van der Waals surface area contributed by atoms with Crippen LogP contribution >= 0.6 is 0 Å². The lowest BCUT2D eigenvalue weighted by atomic mass is 9.86. The minimum absolute atomic E-state index is 0.109. The third-order valence-corrected chi connectivity index (χ3v) is 12.9. The molecule has 5 heterocycles. The largest absolute Gasteiger partial charge is 0.503 e. The zero-order chi connectivity index (χ0) is 46.6. The van der Waals surface area contributed by atoms with Gasteiger partial charge in [-0.15, -0.1) is 0 Å². The van der Waals surface area contributed by atoms with E-state index in [0.717, 1.165) is 110 Å². The molecule has 1 atom stereocenters. The number of rotatable bonds is 11. The topological polar surface area (TPSA) is 210 Å². The molecule has 3 amide bonds. The zero-order valence-corrected chi connectivity index (χ0v) is 36.1. The van der Waals surface area contributed by atoms with Crippen LogP contribution in [0.1, 0.15) is 73.0 Å². The van der Waals surface area contributed by atoms with Gasteiger partial charge >= 0.3 is 5.69 Å². The van der Waals surface area contributed by atoms with Gasteiger partial charge in [-0.2, -0.15) is 9.49 Å². The first-order valence-corrected chi connectivity index (χ1v) is 21.9. The summed E-state index contributed by atoms with van der Waals surface area (Å²) in [5, 5.41) is 27.0. The van der Waals surface area contributed by atoms with Gasteiger partial charge in [-0.3, -0.25) is 48.2 Å². The highest BCUT2D eigenvalue weighted by molar-refractivity contribution is 6.00. The number of aryl methyl sites for hydroxylation is 2. The van der Waals surface area contributed by atoms with E-state index in [1.54, 1.807) is 17.8 Å². The van der Waals surface area contributed by atoms with E-state index in [4.69, 9.17) is 25.0 Å². The number of imidazole rings is 1. The molecular weight excluding hydrogens is 862 g/mol. The van der Waals surface area contributed by atoms with Crippen LogP contribution in [0.15, 0.2) is 65.8 Å². The van der Waals surface area contributed by atoms with Crippen LogP contribution in [0.4, 0.5) is 19.0 Å². The number of anilines is 1. The van der Waals surface area contributed by atoms with E-state index >= 15 is 0 Å². The van der Waals surface area contributed by atoms with Gasteiger partial charge < -0.3 is 20.4 Å². The molecule has 3 aromatic heterocycles. The number of phenolic OH excluding ortho intramolecular Hbond substituents is 1. The third-order valence-electron chi connectivity index (χ3n) is 12.9. The van der Waals surface area contributed by atoms with E-state index < -0.39 is 46.6 Å². The molecule has 3 aromatic carbocycles. The maximum atomic E-state index is 14.2. The maximum Gasteiger partial charge on any atom is 0.329 e. The molecule has 3 fully saturated rings. The Kier molecular flexibility index (Phi) is 13.5. The Labute approximate surface area is 375 Å². The second-order valence-electron chi connectivity index (χ2n) is 16.9. The van der Waals surface area contributed by atoms with Crippen LogP contribution < -0.4 is 21.2 Å². The second-order valence-corrected chi connectivity index (χ2v) is 16.9. The Morgan fingerprint density at radius 1 is 0.924 bits per heavy atom. The Morgan fingerprint density at radius 2 is 1.68 bits per heavy atom. The lowest BCUT2D eigenvalue weighted by molar-refractivity contribution is -0.135. The molecule has 1 aliphatic carbocycles. The first-order valence-electron chi connectivity index (χ1n) is 21.9. The lowest BCUT2D eigenvalue weighted by Crippen LogP contribution is -2.47. The average molecular weight is 911 g/mol. The number of phenols is 1. The Bertz CT molecular complexity index is 2850. The number of aromatic hydroxyl groups is 1. The number of benzene rings is 3. The van der Waals surface area contributed by atoms with E-state index in [1.165, 1.54) is 4.57 Å². The fourth-order valence-corrected chi connectivity index (χ4v) is 9.21. The average Bonchev–Trinajstić information content (AvgIpc) is 3.86. The number of carbonyl (C=O) groups excluding carboxylic acids is 3. The summed E-state index contributed by atoms with van der Waals surface area (Å²) < 4.78 is 46.7. The van der Waals surface area contributed by atoms with E-state index in [-0.39, 0.29) is 43.0 Å². The predicted molar refractivity (Wildman–Crippen MR) is 236 cm³/mol. The molecule has 6 aromatic rings. The number of aromatic nitrogens is 6. The van der Waals surface area contributed by atoms with Crippen molar-refractivity contribution in [3.05, 3.63) is 100 Å². The van der Waals surface area contributed by atoms with Crippen molar-refractivity contribution in [1.29, 1.82) is 0 Å². The van der Waals surface area contributed by atoms with Crippen LogP contribution in [-0.4, -0.2) is 107 Å². The number of hydrogen-bond donors (Lipinski definition) is 4. The summed E-state index contributed by atoms with van der Waals surface area (Å²) in [7, 11) is 1.71. The minimum Gasteiger partial charge on any atom is -0.503 e. The van der Waals surface area contributed by atoms with Crippen LogP contribution in [0.25, 0.3) is 33.2 Å². The van der Waals surface area contributed by atoms with Crippen molar-refractivity contribution >= 4 is 51.9 Å². The number of hydrogen-bond acceptors (Lipinski definition) is 11. The van der Waals surface area contributed by atoms with Crippen LogP contribution in [-0.2, 0) is 27.9 Å². The molecule has 0 bridgehead atoms. The summed E-state index contributed by atoms with van der Waals surface area (Å²) in [6.45, 7) is 4.38. The van der Waals surface area contributed by atoms with Gasteiger partial charge in [0.15, 0.2) is 17.4 Å². The molecule has 2 saturated heterocycles. The predicted octanol–water partition coefficient (Wildman–Crippen LogP) is 4.86. The first kappa shape index (κ1) is 45.5. The Hall–Kier alpha value is -7.09. The van der Waals surface area contributed by atoms with E-state index in [0.29, 0.717) is 18.0 Å². The lowest BCUT2D eigenvalue weighted by Gasteiger charge is -2.35. The SMILES string of the molecule is Cn1c(=O)n([C@@H]2CCC(=O)NC2=O)c2ccc(CCCN3CCN(c4cnc(-c5ccc6cn(C7CCC(CNC(=O)c8cc(F)c(O)c(F)c8F)CC7)nc6c5)cn4)CC3)cc21.O=CO. The van der Waals surface area contributed by atoms with Crippen LogP contribution in [0.3, 0.4) is 0 Å². The molecule has 20 heteroatoms. The normalized spacial score (nSPS) is 19.1. The molecule has 0 spiro atoms. The number of piperazine rings is 1. The molecule has 4 N–H and O–H groups in total. The van der Waals surface area contributed by atoms with Crippen molar-refractivity contribution in [3.8, 4) is 17.0 Å². The van der Waals surface area contributed by atoms with Crippen molar-refractivity contribution in [1.82, 2.24) is 44.4 Å². The van der Waals surface area contributed by atoms with Gasteiger partial charge in [-0.05, 0) is 87.2 Å². The van der Waals surface area contributed by atoms with Crippen molar-refractivity contribution in [2.24, 2.45) is 13.0 Å². The van der Waals surface area contributed by atoms with Crippen molar-refractivity contribution < 1.29 is 42.6 Å². The van der Waals surface area contributed by atoms with Crippen molar-refractivity contribution in [2.45, 2.75) is 63.5 Å². The van der Waals surface area contributed by atoms with E-state index in [2.05, 4.69) is 20.4 Å². The van der Waals surface area contributed by atoms with Gasteiger partial charge in [-0.1, -0.05) is 18.2 Å². The van der Waals surface area contributed by atoms with Crippen LogP contribution in [0, 0.1) is 23.4 Å². The molecule has 17 nitrogen and oxygen atoms in total. The fraction of sp³-hybridized carbons (Fsp3) is 0.391. The van der Waals surface area contributed by atoms with Crippen LogP contribution in [0.2, 0.25) is 0 Å². The number of carbonyl (C=O) groups is 4. The number of nitrogens with zero attached hydrogens (tertiary/aromatic N) is 8. The fourth-order valence-electron chi connectivity index (χ4n) is 9.21. The van der Waals surface area contributed by atoms with Crippen molar-refractivity contribution in [2.75, 3.05) is 44.2 Å². The summed E-state index contributed by atoms with van der Waals surface area (Å²) in [5.41, 5.74) is 4.03. The van der Waals surface area contributed by atoms with E-state index in [9.17, 15) is 37.5 Å². The molecule has 66 heavy (non-hydrogen) atoms. The summed E-state index contributed by atoms with van der Waals surface area (Å²) >= 11 is 0. The number of halogens is 3. The highest BCUT2D eigenvalue weighted by atomic mass is 19.2. The van der Waals surface area contributed by atoms with Crippen LogP contribution in [0.5, 0.6) is 5.75 Å². The minimum atomic E-state index is -1.79. The van der Waals surface area contributed by atoms with Gasteiger partial charge in [0.2, 0.25) is 17.6 Å². The molecule has 0 radical (unpaired) electrons. The molecule has 2 aliphatic heterocycles. The molecule has 346 valence electrons. The number of carboxylic acid groups (broad SMARTS) is 1. The smallest absolute Gasteiger partial charge is 0.329 e. The van der Waals surface area contributed by atoms with Gasteiger partial charge in [0.1, 0.15) is 11.9 Å². The first-order chi connectivity index (χ1) is 31.8. The Morgan fingerprint density at radius 3 is 2.39 bits per heavy atom. The van der Waals surface area contributed by atoms with Gasteiger partial charge in [-0.25, -0.2) is 18.6 Å². The summed E-state index contributed by atoms with van der Waals surface area (Å²) in [5.74, 6) is -6.97. The molecule has 9 rings (SSSR count). The highest BCUT2D eigenvalue weighted by Gasteiger charge is 2.32. The number of imide groups is 1. The molecular formula is C46H49F3N10O7. The third kappa shape index (κ3) is 9.49. The summed E-state index contributed by atoms with van der Waals surface area (Å²) in [6, 6.07) is 12.0. The maximum absolute atomic E-state index is 14.2. The second kappa shape index (κ2) is 19.6. The van der Waals surface area contributed by atoms with Gasteiger partial charge in [0, 0.05) is 63.3 Å². The standard InChI is InChI=1S/C45H47F3N10O5.CH2O2/c1-54-37-19-26(6-11-35(37)58(45(54)63)36-12-13-39(59)52-44(36)62)3-2-14-55-15-17-56(18-16-55)38-24-49-34(23-50-38)28-7-8-29-25-57(53-33(29)20-28)30-9-4-27(5-10-30)22-51-43(61)31-21-32(46)42(60)41(48)40(31)47;2-1-3/h6-8,11,19-21,23-25,27,30,36,60H,2-5,9-10,12-18,22H2,1H3,(H,51,61)(H,52,59,62);1H,(H,2,3)/t27?,30?,36-;/m1./s1. The number of piperidine rings is 1. The number of nitrogens with one attached hydrogen (secondary N) is 2. The monoisotopic (exact) mass is 910 g/mol.